The number of allylic oxidation sites excluding steroid dienone is 3. The minimum Gasteiger partial charge on any atom is -0.497 e. The van der Waals surface area contributed by atoms with Crippen molar-refractivity contribution in [1.29, 1.82) is 0 Å². The molecule has 0 unspecified atom stereocenters. The molecule has 3 aromatic rings. The fraction of sp³-hybridized carbons (Fsp3) is 0.226. The van der Waals surface area contributed by atoms with Crippen molar-refractivity contribution in [3.8, 4) is 5.75 Å². The standard InChI is InChI=1S/C31H29NO4/c1-20-28(31(34)36-19-21-10-5-3-6-11-21)29(23-14-9-15-25(16-23)35-2)30-26(32-20)17-24(18-27(30)33)22-12-7-4-8-13-22/h3-16,24,29,32H,17-19H2,1-2H3/t24-,29+/m0/s1. The summed E-state index contributed by atoms with van der Waals surface area (Å²) in [5.41, 5.74) is 5.58. The predicted octanol–water partition coefficient (Wildman–Crippen LogP) is 5.80. The Balaban J connectivity index is 1.53. The van der Waals surface area contributed by atoms with Crippen molar-refractivity contribution in [3.63, 3.8) is 0 Å². The summed E-state index contributed by atoms with van der Waals surface area (Å²) in [7, 11) is 1.61. The molecule has 1 N–H and O–H groups in total. The van der Waals surface area contributed by atoms with Gasteiger partial charge in [-0.05, 0) is 48.1 Å². The first-order chi connectivity index (χ1) is 17.5. The molecule has 0 bridgehead atoms. The number of methoxy groups -OCH3 is 1. The highest BCUT2D eigenvalue weighted by Crippen LogP contribution is 2.46. The molecule has 5 rings (SSSR count). The van der Waals surface area contributed by atoms with Gasteiger partial charge in [-0.15, -0.1) is 0 Å². The van der Waals surface area contributed by atoms with Crippen LogP contribution in [0.4, 0.5) is 0 Å². The van der Waals surface area contributed by atoms with E-state index in [0.29, 0.717) is 35.4 Å². The zero-order valence-corrected chi connectivity index (χ0v) is 20.5. The normalized spacial score (nSPS) is 19.4. The van der Waals surface area contributed by atoms with Crippen molar-refractivity contribution in [3.05, 3.63) is 124 Å². The number of nitrogens with one attached hydrogen (secondary N) is 1. The second kappa shape index (κ2) is 10.2. The third kappa shape index (κ3) is 4.69. The molecule has 1 heterocycles. The summed E-state index contributed by atoms with van der Waals surface area (Å²) in [5, 5.41) is 3.41. The number of Topliss-reactive ketones (excluding diaryl/α,β-unsaturated/α-hetero) is 1. The summed E-state index contributed by atoms with van der Waals surface area (Å²) >= 11 is 0. The van der Waals surface area contributed by atoms with Crippen LogP contribution in [-0.2, 0) is 20.9 Å². The van der Waals surface area contributed by atoms with Gasteiger partial charge in [0.15, 0.2) is 5.78 Å². The first-order valence-corrected chi connectivity index (χ1v) is 12.2. The molecule has 182 valence electrons. The Morgan fingerprint density at radius 3 is 2.33 bits per heavy atom. The summed E-state index contributed by atoms with van der Waals surface area (Å²) in [5.74, 6) is -0.139. The molecule has 5 nitrogen and oxygen atoms in total. The number of esters is 1. The van der Waals surface area contributed by atoms with Crippen molar-refractivity contribution in [2.75, 3.05) is 7.11 Å². The summed E-state index contributed by atoms with van der Waals surface area (Å²) in [6.07, 6.45) is 1.10. The van der Waals surface area contributed by atoms with Gasteiger partial charge in [-0.1, -0.05) is 72.8 Å². The molecular formula is C31H29NO4. The number of ether oxygens (including phenoxy) is 2. The van der Waals surface area contributed by atoms with E-state index in [9.17, 15) is 9.59 Å². The van der Waals surface area contributed by atoms with E-state index in [1.165, 1.54) is 0 Å². The van der Waals surface area contributed by atoms with Crippen LogP contribution in [0.1, 0.15) is 48.3 Å². The van der Waals surface area contributed by atoms with E-state index in [2.05, 4.69) is 17.4 Å². The lowest BCUT2D eigenvalue weighted by molar-refractivity contribution is -0.140. The van der Waals surface area contributed by atoms with Gasteiger partial charge in [0.25, 0.3) is 0 Å². The van der Waals surface area contributed by atoms with Crippen molar-refractivity contribution in [1.82, 2.24) is 5.32 Å². The van der Waals surface area contributed by atoms with Crippen LogP contribution in [0.5, 0.6) is 5.75 Å². The Bertz CT molecular complexity index is 1340. The molecule has 2 aliphatic rings. The minimum atomic E-state index is -0.524. The van der Waals surface area contributed by atoms with Gasteiger partial charge in [-0.3, -0.25) is 4.79 Å². The van der Waals surface area contributed by atoms with Gasteiger partial charge in [0, 0.05) is 29.3 Å². The fourth-order valence-corrected chi connectivity index (χ4v) is 5.23. The van der Waals surface area contributed by atoms with Gasteiger partial charge in [0.1, 0.15) is 12.4 Å². The van der Waals surface area contributed by atoms with Gasteiger partial charge in [-0.2, -0.15) is 0 Å². The average molecular weight is 480 g/mol. The molecule has 3 aromatic carbocycles. The third-order valence-electron chi connectivity index (χ3n) is 6.96. The van der Waals surface area contributed by atoms with Crippen LogP contribution in [-0.4, -0.2) is 18.9 Å². The number of benzene rings is 3. The lowest BCUT2D eigenvalue weighted by Gasteiger charge is -2.36. The highest BCUT2D eigenvalue weighted by Gasteiger charge is 2.41. The van der Waals surface area contributed by atoms with E-state index < -0.39 is 11.9 Å². The first kappa shape index (κ1) is 23.6. The second-order valence-electron chi connectivity index (χ2n) is 9.27. The Morgan fingerprint density at radius 2 is 1.61 bits per heavy atom. The fourth-order valence-electron chi connectivity index (χ4n) is 5.23. The zero-order valence-electron chi connectivity index (χ0n) is 20.5. The van der Waals surface area contributed by atoms with E-state index >= 15 is 0 Å². The molecule has 5 heteroatoms. The number of hydrogen-bond acceptors (Lipinski definition) is 5. The molecule has 1 aliphatic heterocycles. The maximum absolute atomic E-state index is 13.7. The van der Waals surface area contributed by atoms with Crippen LogP contribution in [0.15, 0.2) is 107 Å². The van der Waals surface area contributed by atoms with E-state index in [0.717, 1.165) is 22.4 Å². The first-order valence-electron chi connectivity index (χ1n) is 12.2. The molecule has 1 aliphatic carbocycles. The Kier molecular flexibility index (Phi) is 6.72. The van der Waals surface area contributed by atoms with Crippen LogP contribution < -0.4 is 10.1 Å². The lowest BCUT2D eigenvalue weighted by atomic mass is 9.71. The van der Waals surface area contributed by atoms with Crippen molar-refractivity contribution < 1.29 is 19.1 Å². The average Bonchev–Trinajstić information content (AvgIpc) is 2.92. The number of rotatable bonds is 6. The Labute approximate surface area is 211 Å². The molecule has 0 amide bonds. The monoisotopic (exact) mass is 479 g/mol. The van der Waals surface area contributed by atoms with E-state index in [-0.39, 0.29) is 18.3 Å². The van der Waals surface area contributed by atoms with E-state index in [1.54, 1.807) is 7.11 Å². The molecule has 0 radical (unpaired) electrons. The van der Waals surface area contributed by atoms with Gasteiger partial charge in [-0.25, -0.2) is 4.79 Å². The Morgan fingerprint density at radius 1 is 0.917 bits per heavy atom. The molecular weight excluding hydrogens is 450 g/mol. The lowest BCUT2D eigenvalue weighted by Crippen LogP contribution is -2.36. The largest absolute Gasteiger partial charge is 0.497 e. The number of ketones is 1. The van der Waals surface area contributed by atoms with Gasteiger partial charge >= 0.3 is 5.97 Å². The third-order valence-corrected chi connectivity index (χ3v) is 6.96. The summed E-state index contributed by atoms with van der Waals surface area (Å²) in [6, 6.07) is 27.3. The van der Waals surface area contributed by atoms with Crippen LogP contribution in [0.2, 0.25) is 0 Å². The number of hydrogen-bond donors (Lipinski definition) is 1. The maximum atomic E-state index is 13.7. The molecule has 2 atom stereocenters. The second-order valence-corrected chi connectivity index (χ2v) is 9.27. The number of dihydropyridines is 1. The highest BCUT2D eigenvalue weighted by atomic mass is 16.5. The quantitative estimate of drug-likeness (QED) is 0.453. The van der Waals surface area contributed by atoms with Crippen LogP contribution >= 0.6 is 0 Å². The highest BCUT2D eigenvalue weighted by molar-refractivity contribution is 6.04. The van der Waals surface area contributed by atoms with E-state index in [4.69, 9.17) is 9.47 Å². The van der Waals surface area contributed by atoms with Gasteiger partial charge in [0.05, 0.1) is 12.7 Å². The minimum absolute atomic E-state index is 0.0475. The van der Waals surface area contributed by atoms with Crippen LogP contribution in [0.3, 0.4) is 0 Å². The Hall–Kier alpha value is -4.12. The van der Waals surface area contributed by atoms with Crippen molar-refractivity contribution >= 4 is 11.8 Å². The SMILES string of the molecule is COc1cccc([C@@H]2C(C(=O)OCc3ccccc3)=C(C)NC3=C2C(=O)C[C@@H](c2ccccc2)C3)c1. The van der Waals surface area contributed by atoms with Gasteiger partial charge in [0.2, 0.25) is 0 Å². The van der Waals surface area contributed by atoms with Gasteiger partial charge < -0.3 is 14.8 Å². The summed E-state index contributed by atoms with van der Waals surface area (Å²) < 4.78 is 11.2. The van der Waals surface area contributed by atoms with Crippen LogP contribution in [0, 0.1) is 0 Å². The van der Waals surface area contributed by atoms with Crippen molar-refractivity contribution in [2.24, 2.45) is 0 Å². The number of carbonyl (C=O) groups excluding carboxylic acids is 2. The maximum Gasteiger partial charge on any atom is 0.337 e. The van der Waals surface area contributed by atoms with Crippen LogP contribution in [0.25, 0.3) is 0 Å². The molecule has 0 saturated carbocycles. The smallest absolute Gasteiger partial charge is 0.337 e. The molecule has 0 fully saturated rings. The summed E-state index contributed by atoms with van der Waals surface area (Å²) in [4.78, 5) is 27.2. The molecule has 0 saturated heterocycles. The topological polar surface area (TPSA) is 64.6 Å². The van der Waals surface area contributed by atoms with E-state index in [1.807, 2.05) is 79.7 Å². The molecule has 36 heavy (non-hydrogen) atoms. The zero-order chi connectivity index (χ0) is 25.1. The van der Waals surface area contributed by atoms with Crippen molar-refractivity contribution in [2.45, 2.75) is 38.2 Å². The summed E-state index contributed by atoms with van der Waals surface area (Å²) in [6.45, 7) is 2.05. The molecule has 0 aromatic heterocycles. The predicted molar refractivity (Wildman–Crippen MR) is 138 cm³/mol. The number of carbonyl (C=O) groups is 2. The molecule has 0 spiro atoms.